The molecule has 1 heterocycles. The molecular formula is C14H18N4O. The highest BCUT2D eigenvalue weighted by Crippen LogP contribution is 2.15. The van der Waals surface area contributed by atoms with Gasteiger partial charge in [-0.3, -0.25) is 4.79 Å². The summed E-state index contributed by atoms with van der Waals surface area (Å²) in [5.41, 5.74) is 7.89. The van der Waals surface area contributed by atoms with Crippen LogP contribution in [0.15, 0.2) is 30.6 Å². The fourth-order valence-electron chi connectivity index (χ4n) is 1.91. The number of benzene rings is 1. The lowest BCUT2D eigenvalue weighted by atomic mass is 10.1. The molecule has 0 spiro atoms. The van der Waals surface area contributed by atoms with E-state index in [4.69, 9.17) is 5.73 Å². The zero-order valence-corrected chi connectivity index (χ0v) is 11.4. The van der Waals surface area contributed by atoms with Crippen LogP contribution in [0.3, 0.4) is 0 Å². The molecule has 19 heavy (non-hydrogen) atoms. The number of imidazole rings is 1. The van der Waals surface area contributed by atoms with Crippen LogP contribution in [0.25, 0.3) is 0 Å². The molecule has 2 rings (SSSR count). The Hall–Kier alpha value is -2.30. The normalized spacial score (nSPS) is 10.5. The second-order valence-electron chi connectivity index (χ2n) is 4.69. The van der Waals surface area contributed by atoms with Gasteiger partial charge in [-0.2, -0.15) is 0 Å². The molecule has 1 aromatic heterocycles. The van der Waals surface area contributed by atoms with Gasteiger partial charge in [-0.15, -0.1) is 0 Å². The predicted octanol–water partition coefficient (Wildman–Crippen LogP) is 1.58. The van der Waals surface area contributed by atoms with Crippen LogP contribution in [-0.2, 0) is 13.6 Å². The Morgan fingerprint density at radius 1 is 1.47 bits per heavy atom. The summed E-state index contributed by atoms with van der Waals surface area (Å²) in [4.78, 5) is 18.2. The molecule has 0 radical (unpaired) electrons. The second-order valence-corrected chi connectivity index (χ2v) is 4.69. The van der Waals surface area contributed by atoms with Crippen LogP contribution in [0.4, 0.5) is 5.69 Å². The maximum absolute atomic E-state index is 12.4. The molecule has 2 aromatic rings. The summed E-state index contributed by atoms with van der Waals surface area (Å²) in [6.07, 6.45) is 3.58. The van der Waals surface area contributed by atoms with Crippen molar-refractivity contribution in [2.75, 3.05) is 12.8 Å². The zero-order chi connectivity index (χ0) is 14.0. The fraction of sp³-hybridized carbons (Fsp3) is 0.286. The van der Waals surface area contributed by atoms with Gasteiger partial charge < -0.3 is 15.2 Å². The van der Waals surface area contributed by atoms with E-state index in [0.29, 0.717) is 17.8 Å². The Balaban J connectivity index is 2.19. The van der Waals surface area contributed by atoms with Crippen molar-refractivity contribution < 1.29 is 4.79 Å². The van der Waals surface area contributed by atoms with Gasteiger partial charge in [0.2, 0.25) is 0 Å². The third-order valence-corrected chi connectivity index (χ3v) is 3.14. The first-order valence-electron chi connectivity index (χ1n) is 6.07. The molecule has 0 unspecified atom stereocenters. The number of nitrogen functional groups attached to an aromatic ring is 1. The highest BCUT2D eigenvalue weighted by atomic mass is 16.2. The molecule has 0 atom stereocenters. The van der Waals surface area contributed by atoms with Gasteiger partial charge in [-0.05, 0) is 24.6 Å². The first kappa shape index (κ1) is 13.1. The number of carbonyl (C=O) groups is 1. The molecule has 0 aliphatic heterocycles. The Labute approximate surface area is 112 Å². The third kappa shape index (κ3) is 2.76. The van der Waals surface area contributed by atoms with Crippen LogP contribution in [0, 0.1) is 6.92 Å². The molecule has 0 bridgehead atoms. The first-order chi connectivity index (χ1) is 8.99. The maximum atomic E-state index is 12.4. The van der Waals surface area contributed by atoms with E-state index in [1.54, 1.807) is 30.3 Å². The number of aryl methyl sites for hydroxylation is 2. The van der Waals surface area contributed by atoms with Gasteiger partial charge in [0.15, 0.2) is 0 Å². The standard InChI is InChI=1S/C14H18N4O/c1-10-4-5-11(15)8-12(10)14(19)18(3)9-13-16-6-7-17(13)2/h4-8H,9,15H2,1-3H3. The minimum atomic E-state index is -0.0483. The number of amides is 1. The van der Waals surface area contributed by atoms with Gasteiger partial charge in [-0.25, -0.2) is 4.98 Å². The Bertz CT molecular complexity index is 603. The van der Waals surface area contributed by atoms with E-state index >= 15 is 0 Å². The number of carbonyl (C=O) groups excluding carboxylic acids is 1. The Morgan fingerprint density at radius 3 is 2.84 bits per heavy atom. The summed E-state index contributed by atoms with van der Waals surface area (Å²) < 4.78 is 1.90. The molecular weight excluding hydrogens is 240 g/mol. The summed E-state index contributed by atoms with van der Waals surface area (Å²) in [6.45, 7) is 2.37. The molecule has 0 fully saturated rings. The fourth-order valence-corrected chi connectivity index (χ4v) is 1.91. The van der Waals surface area contributed by atoms with Crippen molar-refractivity contribution in [2.45, 2.75) is 13.5 Å². The van der Waals surface area contributed by atoms with Crippen LogP contribution in [0.5, 0.6) is 0 Å². The lowest BCUT2D eigenvalue weighted by Gasteiger charge is -2.18. The van der Waals surface area contributed by atoms with E-state index in [0.717, 1.165) is 11.4 Å². The quantitative estimate of drug-likeness (QED) is 0.850. The highest BCUT2D eigenvalue weighted by molar-refractivity contribution is 5.96. The van der Waals surface area contributed by atoms with E-state index in [2.05, 4.69) is 4.98 Å². The van der Waals surface area contributed by atoms with Gasteiger partial charge in [-0.1, -0.05) is 6.07 Å². The van der Waals surface area contributed by atoms with Crippen molar-refractivity contribution in [1.82, 2.24) is 14.5 Å². The monoisotopic (exact) mass is 258 g/mol. The number of nitrogens with two attached hydrogens (primary N) is 1. The number of aromatic nitrogens is 2. The summed E-state index contributed by atoms with van der Waals surface area (Å²) in [5, 5.41) is 0. The SMILES string of the molecule is Cc1ccc(N)cc1C(=O)N(C)Cc1nccn1C. The van der Waals surface area contributed by atoms with E-state index in [9.17, 15) is 4.79 Å². The molecule has 1 aromatic carbocycles. The molecule has 1 amide bonds. The molecule has 5 nitrogen and oxygen atoms in total. The van der Waals surface area contributed by atoms with E-state index in [-0.39, 0.29) is 5.91 Å². The molecule has 0 saturated heterocycles. The van der Waals surface area contributed by atoms with Crippen LogP contribution in [0.2, 0.25) is 0 Å². The van der Waals surface area contributed by atoms with Crippen molar-refractivity contribution in [3.63, 3.8) is 0 Å². The van der Waals surface area contributed by atoms with Crippen molar-refractivity contribution >= 4 is 11.6 Å². The topological polar surface area (TPSA) is 64.2 Å². The summed E-state index contributed by atoms with van der Waals surface area (Å²) in [6, 6.07) is 5.37. The number of rotatable bonds is 3. The molecule has 0 saturated carbocycles. The minimum Gasteiger partial charge on any atom is -0.399 e. The molecule has 5 heteroatoms. The van der Waals surface area contributed by atoms with Crippen LogP contribution < -0.4 is 5.73 Å². The maximum Gasteiger partial charge on any atom is 0.254 e. The van der Waals surface area contributed by atoms with E-state index in [1.165, 1.54) is 0 Å². The first-order valence-corrected chi connectivity index (χ1v) is 6.07. The Morgan fingerprint density at radius 2 is 2.21 bits per heavy atom. The lowest BCUT2D eigenvalue weighted by molar-refractivity contribution is 0.0780. The van der Waals surface area contributed by atoms with Gasteiger partial charge in [0.1, 0.15) is 5.82 Å². The predicted molar refractivity (Wildman–Crippen MR) is 74.6 cm³/mol. The van der Waals surface area contributed by atoms with Crippen molar-refractivity contribution in [1.29, 1.82) is 0 Å². The van der Waals surface area contributed by atoms with Crippen LogP contribution in [-0.4, -0.2) is 27.4 Å². The lowest BCUT2D eigenvalue weighted by Crippen LogP contribution is -2.28. The number of hydrogen-bond donors (Lipinski definition) is 1. The number of hydrogen-bond acceptors (Lipinski definition) is 3. The number of anilines is 1. The average Bonchev–Trinajstić information content (AvgIpc) is 2.77. The van der Waals surface area contributed by atoms with Crippen molar-refractivity contribution in [3.8, 4) is 0 Å². The smallest absolute Gasteiger partial charge is 0.254 e. The molecule has 2 N–H and O–H groups in total. The van der Waals surface area contributed by atoms with Gasteiger partial charge in [0, 0.05) is 37.7 Å². The van der Waals surface area contributed by atoms with E-state index in [1.807, 2.05) is 30.8 Å². The van der Waals surface area contributed by atoms with Crippen LogP contribution in [0.1, 0.15) is 21.7 Å². The number of nitrogens with zero attached hydrogens (tertiary/aromatic N) is 3. The largest absolute Gasteiger partial charge is 0.399 e. The second kappa shape index (κ2) is 5.14. The van der Waals surface area contributed by atoms with Gasteiger partial charge >= 0.3 is 0 Å². The van der Waals surface area contributed by atoms with Crippen molar-refractivity contribution in [2.24, 2.45) is 7.05 Å². The average molecular weight is 258 g/mol. The molecule has 0 aliphatic carbocycles. The van der Waals surface area contributed by atoms with E-state index < -0.39 is 0 Å². The van der Waals surface area contributed by atoms with Gasteiger partial charge in [0.25, 0.3) is 5.91 Å². The molecule has 0 aliphatic rings. The summed E-state index contributed by atoms with van der Waals surface area (Å²) in [5.74, 6) is 0.796. The van der Waals surface area contributed by atoms with Gasteiger partial charge in [0.05, 0.1) is 6.54 Å². The minimum absolute atomic E-state index is 0.0483. The van der Waals surface area contributed by atoms with Crippen molar-refractivity contribution in [3.05, 3.63) is 47.5 Å². The highest BCUT2D eigenvalue weighted by Gasteiger charge is 2.16. The van der Waals surface area contributed by atoms with Crippen LogP contribution >= 0.6 is 0 Å². The summed E-state index contributed by atoms with van der Waals surface area (Å²) >= 11 is 0. The zero-order valence-electron chi connectivity index (χ0n) is 11.4. The third-order valence-electron chi connectivity index (χ3n) is 3.14. The summed E-state index contributed by atoms with van der Waals surface area (Å²) in [7, 11) is 3.67. The molecule has 100 valence electrons. The Kier molecular flexibility index (Phi) is 3.55.